The molecule has 1 atom stereocenters. The highest BCUT2D eigenvalue weighted by molar-refractivity contribution is 5.37. The van der Waals surface area contributed by atoms with Gasteiger partial charge in [-0.15, -0.1) is 0 Å². The van der Waals surface area contributed by atoms with Gasteiger partial charge in [0, 0.05) is 12.0 Å². The summed E-state index contributed by atoms with van der Waals surface area (Å²) >= 11 is 0. The number of alkyl halides is 1. The second kappa shape index (κ2) is 3.88. The number of benzene rings is 2. The molecule has 17 heavy (non-hydrogen) atoms. The summed E-state index contributed by atoms with van der Waals surface area (Å²) in [6.45, 7) is 0. The SMILES string of the molecule is FC1(c2ccccc2)CCc2ccccc2O1. The molecule has 0 radical (unpaired) electrons. The quantitative estimate of drug-likeness (QED) is 0.720. The molecular formula is C15H13FO. The minimum absolute atomic E-state index is 0.369. The van der Waals surface area contributed by atoms with Crippen molar-refractivity contribution >= 4 is 0 Å². The number of aryl methyl sites for hydroxylation is 1. The molecule has 0 N–H and O–H groups in total. The lowest BCUT2D eigenvalue weighted by Crippen LogP contribution is -2.32. The summed E-state index contributed by atoms with van der Waals surface area (Å²) in [7, 11) is 0. The van der Waals surface area contributed by atoms with Crippen LogP contribution in [0.3, 0.4) is 0 Å². The van der Waals surface area contributed by atoms with Gasteiger partial charge in [-0.3, -0.25) is 0 Å². The van der Waals surface area contributed by atoms with Crippen molar-refractivity contribution in [2.75, 3.05) is 0 Å². The molecule has 0 aromatic heterocycles. The molecule has 1 nitrogen and oxygen atoms in total. The molecule has 1 heterocycles. The van der Waals surface area contributed by atoms with E-state index in [4.69, 9.17) is 4.74 Å². The monoisotopic (exact) mass is 228 g/mol. The molecule has 0 spiro atoms. The normalized spacial score (nSPS) is 22.6. The largest absolute Gasteiger partial charge is 0.453 e. The first kappa shape index (κ1) is 10.3. The highest BCUT2D eigenvalue weighted by atomic mass is 19.2. The summed E-state index contributed by atoms with van der Waals surface area (Å²) in [4.78, 5) is 0. The van der Waals surface area contributed by atoms with E-state index in [1.807, 2.05) is 42.5 Å². The van der Waals surface area contributed by atoms with Crippen molar-refractivity contribution in [1.29, 1.82) is 0 Å². The number of para-hydroxylation sites is 1. The summed E-state index contributed by atoms with van der Waals surface area (Å²) in [5, 5.41) is 0. The van der Waals surface area contributed by atoms with Crippen molar-refractivity contribution in [3.05, 3.63) is 65.7 Å². The van der Waals surface area contributed by atoms with Crippen LogP contribution in [-0.2, 0) is 12.3 Å². The van der Waals surface area contributed by atoms with Gasteiger partial charge in [0.25, 0.3) is 5.85 Å². The van der Waals surface area contributed by atoms with Gasteiger partial charge in [-0.05, 0) is 18.1 Å². The van der Waals surface area contributed by atoms with E-state index in [2.05, 4.69) is 0 Å². The van der Waals surface area contributed by atoms with E-state index in [9.17, 15) is 4.39 Å². The average molecular weight is 228 g/mol. The van der Waals surface area contributed by atoms with Crippen molar-refractivity contribution in [2.24, 2.45) is 0 Å². The van der Waals surface area contributed by atoms with Crippen LogP contribution in [0.2, 0.25) is 0 Å². The summed E-state index contributed by atoms with van der Waals surface area (Å²) in [5.74, 6) is -1.03. The van der Waals surface area contributed by atoms with Crippen LogP contribution in [0.5, 0.6) is 5.75 Å². The van der Waals surface area contributed by atoms with Crippen LogP contribution in [0.25, 0.3) is 0 Å². The Morgan fingerprint density at radius 1 is 0.941 bits per heavy atom. The summed E-state index contributed by atoms with van der Waals surface area (Å²) in [6, 6.07) is 16.7. The molecule has 0 bridgehead atoms. The van der Waals surface area contributed by atoms with E-state index in [0.29, 0.717) is 24.2 Å². The minimum atomic E-state index is -1.68. The van der Waals surface area contributed by atoms with Crippen LogP contribution >= 0.6 is 0 Å². The molecule has 2 aromatic carbocycles. The first-order valence-corrected chi connectivity index (χ1v) is 5.79. The number of ether oxygens (including phenoxy) is 1. The Kier molecular flexibility index (Phi) is 2.36. The maximum absolute atomic E-state index is 14.8. The third-order valence-electron chi connectivity index (χ3n) is 3.17. The highest BCUT2D eigenvalue weighted by Gasteiger charge is 2.37. The second-order valence-electron chi connectivity index (χ2n) is 4.30. The maximum atomic E-state index is 14.8. The van der Waals surface area contributed by atoms with Crippen LogP contribution in [0, 0.1) is 0 Å². The fourth-order valence-corrected chi connectivity index (χ4v) is 2.22. The number of hydrogen-bond acceptors (Lipinski definition) is 1. The molecule has 2 heteroatoms. The first-order chi connectivity index (χ1) is 8.28. The lowest BCUT2D eigenvalue weighted by atomic mass is 9.95. The van der Waals surface area contributed by atoms with Crippen molar-refractivity contribution in [3.63, 3.8) is 0 Å². The first-order valence-electron chi connectivity index (χ1n) is 5.79. The lowest BCUT2D eigenvalue weighted by molar-refractivity contribution is -0.0853. The standard InChI is InChI=1S/C15H13FO/c16-15(13-7-2-1-3-8-13)11-10-12-6-4-5-9-14(12)17-15/h1-9H,10-11H2. The summed E-state index contributed by atoms with van der Waals surface area (Å²) in [5.41, 5.74) is 1.67. The molecule has 0 amide bonds. The van der Waals surface area contributed by atoms with Gasteiger partial charge in [-0.2, -0.15) is 4.39 Å². The molecule has 1 aliphatic heterocycles. The third-order valence-corrected chi connectivity index (χ3v) is 3.17. The van der Waals surface area contributed by atoms with E-state index in [1.54, 1.807) is 12.1 Å². The molecule has 1 unspecified atom stereocenters. The van der Waals surface area contributed by atoms with E-state index >= 15 is 0 Å². The molecule has 0 saturated carbocycles. The smallest absolute Gasteiger partial charge is 0.274 e. The van der Waals surface area contributed by atoms with Crippen molar-refractivity contribution < 1.29 is 9.13 Å². The molecule has 0 fully saturated rings. The van der Waals surface area contributed by atoms with Crippen molar-refractivity contribution in [3.8, 4) is 5.75 Å². The maximum Gasteiger partial charge on any atom is 0.274 e. The zero-order chi connectivity index (χ0) is 11.7. The fraction of sp³-hybridized carbons (Fsp3) is 0.200. The van der Waals surface area contributed by atoms with E-state index in [0.717, 1.165) is 5.56 Å². The van der Waals surface area contributed by atoms with Gasteiger partial charge in [-0.25, -0.2) is 0 Å². The number of hydrogen-bond donors (Lipinski definition) is 0. The Hall–Kier alpha value is -1.83. The molecular weight excluding hydrogens is 215 g/mol. The van der Waals surface area contributed by atoms with Crippen LogP contribution in [0.15, 0.2) is 54.6 Å². The van der Waals surface area contributed by atoms with Gasteiger partial charge in [0.2, 0.25) is 0 Å². The fourth-order valence-electron chi connectivity index (χ4n) is 2.22. The van der Waals surface area contributed by atoms with Crippen molar-refractivity contribution in [2.45, 2.75) is 18.7 Å². The third kappa shape index (κ3) is 1.80. The lowest BCUT2D eigenvalue weighted by Gasteiger charge is -2.32. The van der Waals surface area contributed by atoms with E-state index in [-0.39, 0.29) is 0 Å². The zero-order valence-electron chi connectivity index (χ0n) is 9.40. The Bertz CT molecular complexity index is 523. The predicted molar refractivity (Wildman–Crippen MR) is 64.6 cm³/mol. The van der Waals surface area contributed by atoms with E-state index in [1.165, 1.54) is 0 Å². The predicted octanol–water partition coefficient (Wildman–Crippen LogP) is 3.83. The topological polar surface area (TPSA) is 9.23 Å². The number of rotatable bonds is 1. The van der Waals surface area contributed by atoms with Gasteiger partial charge in [0.15, 0.2) is 0 Å². The Labute approximate surface area is 99.9 Å². The Balaban J connectivity index is 1.98. The van der Waals surface area contributed by atoms with Crippen LogP contribution in [0.4, 0.5) is 4.39 Å². The molecule has 2 aromatic rings. The molecule has 0 aliphatic carbocycles. The number of halogens is 1. The van der Waals surface area contributed by atoms with Crippen LogP contribution < -0.4 is 4.74 Å². The highest BCUT2D eigenvalue weighted by Crippen LogP contribution is 2.40. The minimum Gasteiger partial charge on any atom is -0.453 e. The average Bonchev–Trinajstić information content (AvgIpc) is 2.40. The molecule has 86 valence electrons. The van der Waals surface area contributed by atoms with Gasteiger partial charge in [0.05, 0.1) is 0 Å². The van der Waals surface area contributed by atoms with Crippen LogP contribution in [-0.4, -0.2) is 0 Å². The summed E-state index contributed by atoms with van der Waals surface area (Å²) in [6.07, 6.45) is 1.08. The zero-order valence-corrected chi connectivity index (χ0v) is 9.40. The van der Waals surface area contributed by atoms with Gasteiger partial charge in [-0.1, -0.05) is 48.5 Å². The molecule has 3 rings (SSSR count). The Morgan fingerprint density at radius 3 is 2.47 bits per heavy atom. The Morgan fingerprint density at radius 2 is 1.65 bits per heavy atom. The number of fused-ring (bicyclic) bond motifs is 1. The second-order valence-corrected chi connectivity index (χ2v) is 4.30. The molecule has 1 aliphatic rings. The van der Waals surface area contributed by atoms with E-state index < -0.39 is 5.85 Å². The summed E-state index contributed by atoms with van der Waals surface area (Å²) < 4.78 is 20.3. The van der Waals surface area contributed by atoms with Crippen molar-refractivity contribution in [1.82, 2.24) is 0 Å². The van der Waals surface area contributed by atoms with Gasteiger partial charge < -0.3 is 4.74 Å². The molecule has 0 saturated heterocycles. The van der Waals surface area contributed by atoms with Gasteiger partial charge in [0.1, 0.15) is 5.75 Å². The van der Waals surface area contributed by atoms with Gasteiger partial charge >= 0.3 is 0 Å². The van der Waals surface area contributed by atoms with Crippen LogP contribution in [0.1, 0.15) is 17.5 Å².